The number of hydrogen-bond acceptors (Lipinski definition) is 3. The first kappa shape index (κ1) is 17.7. The summed E-state index contributed by atoms with van der Waals surface area (Å²) in [5.74, 6) is -1.53. The van der Waals surface area contributed by atoms with E-state index in [0.717, 1.165) is 18.4 Å². The molecule has 0 spiro atoms. The van der Waals surface area contributed by atoms with Gasteiger partial charge in [-0.05, 0) is 24.5 Å². The predicted molar refractivity (Wildman–Crippen MR) is 90.9 cm³/mol. The third kappa shape index (κ3) is 4.44. The van der Waals surface area contributed by atoms with Crippen molar-refractivity contribution < 1.29 is 14.7 Å². The quantitative estimate of drug-likeness (QED) is 0.780. The Hall–Kier alpha value is -2.63. The van der Waals surface area contributed by atoms with Crippen LogP contribution in [-0.2, 0) is 11.2 Å². The summed E-state index contributed by atoms with van der Waals surface area (Å²) < 4.78 is 1.77. The summed E-state index contributed by atoms with van der Waals surface area (Å²) in [5.41, 5.74) is 1.09. The monoisotopic (exact) mass is 329 g/mol. The Kier molecular flexibility index (Phi) is 6.12. The van der Waals surface area contributed by atoms with Gasteiger partial charge in [-0.15, -0.1) is 0 Å². The summed E-state index contributed by atoms with van der Waals surface area (Å²) in [7, 11) is 0. The maximum absolute atomic E-state index is 12.3. The second-order valence-corrected chi connectivity index (χ2v) is 5.71. The van der Waals surface area contributed by atoms with Crippen LogP contribution in [0.25, 0.3) is 0 Å². The first-order chi connectivity index (χ1) is 11.5. The SMILES string of the molecule is CCC(CC)n1ccc(C(=O)N[C@@H](Cc2ccccc2)C(=O)O)n1. The molecule has 0 unspecified atom stereocenters. The lowest BCUT2D eigenvalue weighted by molar-refractivity contribution is -0.139. The molecule has 1 amide bonds. The van der Waals surface area contributed by atoms with Gasteiger partial charge in [-0.25, -0.2) is 4.79 Å². The third-order valence-corrected chi connectivity index (χ3v) is 4.04. The minimum Gasteiger partial charge on any atom is -0.480 e. The van der Waals surface area contributed by atoms with Gasteiger partial charge in [-0.2, -0.15) is 5.10 Å². The van der Waals surface area contributed by atoms with Crippen molar-refractivity contribution >= 4 is 11.9 Å². The molecule has 2 rings (SSSR count). The molecule has 0 saturated carbocycles. The van der Waals surface area contributed by atoms with E-state index < -0.39 is 17.9 Å². The van der Waals surface area contributed by atoms with Crippen LogP contribution in [0, 0.1) is 0 Å². The molecule has 0 bridgehead atoms. The van der Waals surface area contributed by atoms with Crippen LogP contribution < -0.4 is 5.32 Å². The molecule has 1 atom stereocenters. The van der Waals surface area contributed by atoms with Crippen LogP contribution in [0.5, 0.6) is 0 Å². The number of nitrogens with one attached hydrogen (secondary N) is 1. The zero-order valence-electron chi connectivity index (χ0n) is 14.0. The van der Waals surface area contributed by atoms with Crippen molar-refractivity contribution in [2.45, 2.75) is 45.2 Å². The number of amides is 1. The van der Waals surface area contributed by atoms with Crippen LogP contribution >= 0.6 is 0 Å². The number of carbonyl (C=O) groups excluding carboxylic acids is 1. The molecule has 128 valence electrons. The van der Waals surface area contributed by atoms with E-state index >= 15 is 0 Å². The van der Waals surface area contributed by atoms with Crippen LogP contribution in [-0.4, -0.2) is 32.8 Å². The molecule has 0 saturated heterocycles. The normalized spacial score (nSPS) is 12.1. The number of hydrogen-bond donors (Lipinski definition) is 2. The number of aliphatic carboxylic acids is 1. The summed E-state index contributed by atoms with van der Waals surface area (Å²) in [5, 5.41) is 16.2. The van der Waals surface area contributed by atoms with Gasteiger partial charge in [0.15, 0.2) is 0 Å². The topological polar surface area (TPSA) is 84.2 Å². The van der Waals surface area contributed by atoms with E-state index in [1.807, 2.05) is 30.3 Å². The summed E-state index contributed by atoms with van der Waals surface area (Å²) in [4.78, 5) is 23.7. The van der Waals surface area contributed by atoms with Gasteiger partial charge in [0.25, 0.3) is 5.91 Å². The van der Waals surface area contributed by atoms with Crippen molar-refractivity contribution in [3.8, 4) is 0 Å². The minimum absolute atomic E-state index is 0.231. The van der Waals surface area contributed by atoms with Gasteiger partial charge in [-0.1, -0.05) is 44.2 Å². The minimum atomic E-state index is -1.06. The predicted octanol–water partition coefficient (Wildman–Crippen LogP) is 2.67. The first-order valence-electron chi connectivity index (χ1n) is 8.17. The molecule has 0 fully saturated rings. The fourth-order valence-corrected chi connectivity index (χ4v) is 2.61. The van der Waals surface area contributed by atoms with Crippen LogP contribution in [0.1, 0.15) is 48.8 Å². The zero-order chi connectivity index (χ0) is 17.5. The molecule has 2 N–H and O–H groups in total. The van der Waals surface area contributed by atoms with E-state index in [9.17, 15) is 14.7 Å². The Labute approximate surface area is 141 Å². The molecular formula is C18H23N3O3. The van der Waals surface area contributed by atoms with Crippen LogP contribution in [0.4, 0.5) is 0 Å². The highest BCUT2D eigenvalue weighted by Crippen LogP contribution is 2.14. The summed E-state index contributed by atoms with van der Waals surface area (Å²) in [6.45, 7) is 4.13. The number of carbonyl (C=O) groups is 2. The Morgan fingerprint density at radius 3 is 2.42 bits per heavy atom. The highest BCUT2D eigenvalue weighted by Gasteiger charge is 2.22. The van der Waals surface area contributed by atoms with Crippen molar-refractivity contribution in [3.63, 3.8) is 0 Å². The van der Waals surface area contributed by atoms with E-state index in [-0.39, 0.29) is 18.2 Å². The third-order valence-electron chi connectivity index (χ3n) is 4.04. The Balaban J connectivity index is 2.07. The second kappa shape index (κ2) is 8.29. The lowest BCUT2D eigenvalue weighted by atomic mass is 10.1. The maximum atomic E-state index is 12.3. The number of aromatic nitrogens is 2. The van der Waals surface area contributed by atoms with E-state index in [1.54, 1.807) is 16.9 Å². The van der Waals surface area contributed by atoms with Gasteiger partial charge in [-0.3, -0.25) is 9.48 Å². The number of carboxylic acid groups (broad SMARTS) is 1. The Bertz CT molecular complexity index is 678. The number of nitrogens with zero attached hydrogens (tertiary/aromatic N) is 2. The Morgan fingerprint density at radius 2 is 1.83 bits per heavy atom. The van der Waals surface area contributed by atoms with Crippen molar-refractivity contribution in [2.75, 3.05) is 0 Å². The standard InChI is InChI=1S/C18H23N3O3/c1-3-14(4-2)21-11-10-15(20-21)17(22)19-16(18(23)24)12-13-8-6-5-7-9-13/h5-11,14,16H,3-4,12H2,1-2H3,(H,19,22)(H,23,24)/t16-/m0/s1. The number of carboxylic acids is 1. The molecule has 0 aliphatic rings. The average Bonchev–Trinajstić information content (AvgIpc) is 3.06. The molecule has 24 heavy (non-hydrogen) atoms. The first-order valence-corrected chi connectivity index (χ1v) is 8.17. The van der Waals surface area contributed by atoms with Gasteiger partial charge in [0.2, 0.25) is 0 Å². The molecule has 1 aromatic carbocycles. The smallest absolute Gasteiger partial charge is 0.326 e. The van der Waals surface area contributed by atoms with Crippen molar-refractivity contribution in [1.29, 1.82) is 0 Å². The second-order valence-electron chi connectivity index (χ2n) is 5.71. The van der Waals surface area contributed by atoms with Crippen LogP contribution in [0.15, 0.2) is 42.6 Å². The highest BCUT2D eigenvalue weighted by molar-refractivity contribution is 5.94. The summed E-state index contributed by atoms with van der Waals surface area (Å²) in [6.07, 6.45) is 3.84. The largest absolute Gasteiger partial charge is 0.480 e. The van der Waals surface area contributed by atoms with Crippen molar-refractivity contribution in [1.82, 2.24) is 15.1 Å². The van der Waals surface area contributed by atoms with E-state index in [2.05, 4.69) is 24.3 Å². The van der Waals surface area contributed by atoms with E-state index in [1.165, 1.54) is 0 Å². The van der Waals surface area contributed by atoms with Crippen molar-refractivity contribution in [3.05, 3.63) is 53.9 Å². The molecule has 6 nitrogen and oxygen atoms in total. The van der Waals surface area contributed by atoms with E-state index in [0.29, 0.717) is 0 Å². The lowest BCUT2D eigenvalue weighted by Gasteiger charge is -2.14. The maximum Gasteiger partial charge on any atom is 0.326 e. The molecule has 1 aromatic heterocycles. The molecular weight excluding hydrogens is 306 g/mol. The van der Waals surface area contributed by atoms with E-state index in [4.69, 9.17) is 0 Å². The zero-order valence-corrected chi connectivity index (χ0v) is 14.0. The molecule has 0 radical (unpaired) electrons. The van der Waals surface area contributed by atoms with Gasteiger partial charge in [0.05, 0.1) is 6.04 Å². The molecule has 1 heterocycles. The van der Waals surface area contributed by atoms with Crippen LogP contribution in [0.3, 0.4) is 0 Å². The molecule has 0 aliphatic heterocycles. The summed E-state index contributed by atoms with van der Waals surface area (Å²) in [6, 6.07) is 10.1. The van der Waals surface area contributed by atoms with Gasteiger partial charge in [0.1, 0.15) is 11.7 Å². The summed E-state index contributed by atoms with van der Waals surface area (Å²) >= 11 is 0. The van der Waals surface area contributed by atoms with Crippen LogP contribution in [0.2, 0.25) is 0 Å². The molecule has 2 aromatic rings. The molecule has 0 aliphatic carbocycles. The number of benzene rings is 1. The fraction of sp³-hybridized carbons (Fsp3) is 0.389. The molecule has 6 heteroatoms. The van der Waals surface area contributed by atoms with Crippen molar-refractivity contribution in [2.24, 2.45) is 0 Å². The lowest BCUT2D eigenvalue weighted by Crippen LogP contribution is -2.42. The fourth-order valence-electron chi connectivity index (χ4n) is 2.61. The average molecular weight is 329 g/mol. The Morgan fingerprint density at radius 1 is 1.17 bits per heavy atom. The van der Waals surface area contributed by atoms with Gasteiger partial charge in [0, 0.05) is 12.6 Å². The number of rotatable bonds is 8. The van der Waals surface area contributed by atoms with Gasteiger partial charge >= 0.3 is 5.97 Å². The highest BCUT2D eigenvalue weighted by atomic mass is 16.4. The van der Waals surface area contributed by atoms with Gasteiger partial charge < -0.3 is 10.4 Å².